The number of fused-ring (bicyclic) bond motifs is 3. The molecule has 2 aromatic carbocycles. The van der Waals surface area contributed by atoms with Crippen LogP contribution in [0, 0.1) is 0 Å². The first-order valence-corrected chi connectivity index (χ1v) is 9.77. The number of aromatic nitrogens is 2. The molecule has 0 saturated heterocycles. The lowest BCUT2D eigenvalue weighted by Gasteiger charge is -2.14. The van der Waals surface area contributed by atoms with E-state index >= 15 is 0 Å². The van der Waals surface area contributed by atoms with E-state index in [1.165, 1.54) is 18.4 Å². The molecule has 2 aliphatic rings. The van der Waals surface area contributed by atoms with E-state index in [-0.39, 0.29) is 11.7 Å². The Bertz CT molecular complexity index is 1140. The van der Waals surface area contributed by atoms with E-state index in [2.05, 4.69) is 23.2 Å². The van der Waals surface area contributed by atoms with E-state index in [0.717, 1.165) is 22.5 Å². The fourth-order valence-electron chi connectivity index (χ4n) is 3.96. The van der Waals surface area contributed by atoms with Gasteiger partial charge >= 0.3 is 0 Å². The fraction of sp³-hybridized carbons (Fsp3) is 0.227. The van der Waals surface area contributed by atoms with Crippen LogP contribution in [0.2, 0.25) is 5.02 Å². The Labute approximate surface area is 167 Å². The number of nitrogens with two attached hydrogens (primary N) is 1. The number of hydrogen-bond donors (Lipinski definition) is 1. The van der Waals surface area contributed by atoms with Crippen molar-refractivity contribution in [3.63, 3.8) is 0 Å². The summed E-state index contributed by atoms with van der Waals surface area (Å²) in [5.74, 6) is 0.0649. The van der Waals surface area contributed by atoms with Gasteiger partial charge in [-0.2, -0.15) is 0 Å². The molecule has 5 nitrogen and oxygen atoms in total. The summed E-state index contributed by atoms with van der Waals surface area (Å²) in [5.41, 5.74) is 11.5. The average molecular weight is 391 g/mol. The number of halogens is 1. The highest BCUT2D eigenvalue weighted by Gasteiger charge is 2.30. The number of imidazole rings is 1. The maximum absolute atomic E-state index is 11.9. The smallest absolute Gasteiger partial charge is 0.269 e. The first-order chi connectivity index (χ1) is 13.5. The predicted octanol–water partition coefficient (Wildman–Crippen LogP) is 4.41. The Morgan fingerprint density at radius 2 is 1.96 bits per heavy atom. The third-order valence-corrected chi connectivity index (χ3v) is 5.80. The van der Waals surface area contributed by atoms with Gasteiger partial charge in [-0.1, -0.05) is 35.9 Å². The van der Waals surface area contributed by atoms with Gasteiger partial charge in [-0.15, -0.1) is 0 Å². The van der Waals surface area contributed by atoms with Crippen molar-refractivity contribution in [2.45, 2.75) is 31.7 Å². The van der Waals surface area contributed by atoms with Gasteiger partial charge in [0, 0.05) is 16.1 Å². The summed E-state index contributed by atoms with van der Waals surface area (Å²) in [6, 6.07) is 13.9. The van der Waals surface area contributed by atoms with Crippen LogP contribution in [0.15, 0.2) is 53.8 Å². The molecular formula is C22H19ClN4O. The van der Waals surface area contributed by atoms with Crippen LogP contribution in [0.5, 0.6) is 0 Å². The number of hydrogen-bond acceptors (Lipinski definition) is 3. The van der Waals surface area contributed by atoms with Gasteiger partial charge in [-0.3, -0.25) is 14.4 Å². The van der Waals surface area contributed by atoms with E-state index in [1.54, 1.807) is 6.33 Å². The Balaban J connectivity index is 1.81. The maximum Gasteiger partial charge on any atom is 0.269 e. The normalized spacial score (nSPS) is 18.1. The van der Waals surface area contributed by atoms with Gasteiger partial charge in [0.25, 0.3) is 5.91 Å². The second-order valence-corrected chi connectivity index (χ2v) is 7.80. The van der Waals surface area contributed by atoms with E-state index < -0.39 is 5.91 Å². The molecule has 28 heavy (non-hydrogen) atoms. The Morgan fingerprint density at radius 1 is 1.18 bits per heavy atom. The van der Waals surface area contributed by atoms with Crippen LogP contribution in [0.1, 0.15) is 64.6 Å². The van der Waals surface area contributed by atoms with E-state index in [9.17, 15) is 4.79 Å². The Morgan fingerprint density at radius 3 is 2.68 bits per heavy atom. The summed E-state index contributed by atoms with van der Waals surface area (Å²) >= 11 is 6.53. The van der Waals surface area contributed by atoms with Gasteiger partial charge in [0.05, 0.1) is 23.1 Å². The van der Waals surface area contributed by atoms with Gasteiger partial charge in [0.2, 0.25) is 0 Å². The minimum Gasteiger partial charge on any atom is -0.364 e. The van der Waals surface area contributed by atoms with Crippen LogP contribution < -0.4 is 5.73 Å². The van der Waals surface area contributed by atoms with Crippen molar-refractivity contribution in [2.24, 2.45) is 10.7 Å². The first kappa shape index (κ1) is 17.2. The summed E-state index contributed by atoms with van der Waals surface area (Å²) in [5, 5.41) is 0.649. The monoisotopic (exact) mass is 390 g/mol. The highest BCUT2D eigenvalue weighted by molar-refractivity contribution is 6.35. The molecule has 1 saturated carbocycles. The molecule has 0 spiro atoms. The number of carbonyl (C=O) groups excluding carboxylic acids is 1. The van der Waals surface area contributed by atoms with Crippen LogP contribution in [-0.4, -0.2) is 21.2 Å². The largest absolute Gasteiger partial charge is 0.364 e. The second kappa shape index (κ2) is 6.31. The first-order valence-electron chi connectivity index (χ1n) is 9.39. The minimum absolute atomic E-state index is 0.258. The summed E-state index contributed by atoms with van der Waals surface area (Å²) in [4.78, 5) is 21.2. The van der Waals surface area contributed by atoms with E-state index in [1.807, 2.05) is 35.8 Å². The van der Waals surface area contributed by atoms with E-state index in [0.29, 0.717) is 16.6 Å². The highest BCUT2D eigenvalue weighted by Crippen LogP contribution is 2.42. The SMILES string of the molecule is C[C@H]1N=C(c2ccccc2Cl)c2cc(C3CC3)ccc2-n2cnc(C(N)=O)c21. The van der Waals surface area contributed by atoms with Gasteiger partial charge in [0.1, 0.15) is 6.33 Å². The summed E-state index contributed by atoms with van der Waals surface area (Å²) in [7, 11) is 0. The van der Waals surface area contributed by atoms with Crippen LogP contribution in [0.3, 0.4) is 0 Å². The molecule has 1 atom stereocenters. The lowest BCUT2D eigenvalue weighted by molar-refractivity contribution is 0.0994. The number of benzene rings is 2. The van der Waals surface area contributed by atoms with Crippen molar-refractivity contribution in [1.29, 1.82) is 0 Å². The van der Waals surface area contributed by atoms with Crippen molar-refractivity contribution < 1.29 is 4.79 Å². The molecule has 0 radical (unpaired) electrons. The molecule has 1 aliphatic carbocycles. The molecule has 1 aromatic heterocycles. The second-order valence-electron chi connectivity index (χ2n) is 7.40. The van der Waals surface area contributed by atoms with Gasteiger partial charge < -0.3 is 5.73 Å². The maximum atomic E-state index is 11.9. The molecule has 2 N–H and O–H groups in total. The van der Waals surface area contributed by atoms with Gasteiger partial charge in [-0.25, -0.2) is 4.98 Å². The molecule has 0 bridgehead atoms. The van der Waals surface area contributed by atoms with E-state index in [4.69, 9.17) is 22.3 Å². The van der Waals surface area contributed by atoms with Crippen molar-refractivity contribution >= 4 is 23.2 Å². The lowest BCUT2D eigenvalue weighted by atomic mass is 9.97. The zero-order valence-electron chi connectivity index (χ0n) is 15.4. The fourth-order valence-corrected chi connectivity index (χ4v) is 4.18. The molecule has 1 amide bonds. The van der Waals surface area contributed by atoms with Crippen molar-refractivity contribution in [1.82, 2.24) is 9.55 Å². The molecule has 3 aromatic rings. The standard InChI is InChI=1S/C22H19ClN4O/c1-12-21-20(22(24)28)25-11-27(21)18-9-8-14(13-6-7-13)10-16(18)19(26-12)15-4-2-3-5-17(15)23/h2-5,8-13H,6-7H2,1H3,(H2,24,28)/t12-/m1/s1. The van der Waals surface area contributed by atoms with Crippen LogP contribution in [-0.2, 0) is 0 Å². The lowest BCUT2D eigenvalue weighted by Crippen LogP contribution is -2.15. The van der Waals surface area contributed by atoms with Crippen LogP contribution >= 0.6 is 11.6 Å². The summed E-state index contributed by atoms with van der Waals surface area (Å²) in [6.45, 7) is 1.95. The molecule has 5 rings (SSSR count). The number of aliphatic imine (C=N–C) groups is 1. The minimum atomic E-state index is -0.548. The van der Waals surface area contributed by atoms with Crippen molar-refractivity contribution in [3.05, 3.63) is 81.9 Å². The molecular weight excluding hydrogens is 372 g/mol. The zero-order chi connectivity index (χ0) is 19.4. The molecule has 6 heteroatoms. The average Bonchev–Trinajstić information content (AvgIpc) is 3.45. The number of primary amides is 1. The summed E-state index contributed by atoms with van der Waals surface area (Å²) < 4.78 is 1.93. The summed E-state index contributed by atoms with van der Waals surface area (Å²) in [6.07, 6.45) is 4.10. The van der Waals surface area contributed by atoms with Gasteiger partial charge in [0.15, 0.2) is 5.69 Å². The quantitative estimate of drug-likeness (QED) is 0.719. The third-order valence-electron chi connectivity index (χ3n) is 5.47. The van der Waals surface area contributed by atoms with Gasteiger partial charge in [-0.05, 0) is 49.4 Å². The molecule has 140 valence electrons. The topological polar surface area (TPSA) is 73.3 Å². The van der Waals surface area contributed by atoms with Crippen LogP contribution in [0.4, 0.5) is 0 Å². The van der Waals surface area contributed by atoms with Crippen molar-refractivity contribution in [3.8, 4) is 5.69 Å². The molecule has 0 unspecified atom stereocenters. The number of rotatable bonds is 3. The van der Waals surface area contributed by atoms with Crippen LogP contribution in [0.25, 0.3) is 5.69 Å². The molecule has 2 heterocycles. The number of nitrogens with zero attached hydrogens (tertiary/aromatic N) is 3. The number of carbonyl (C=O) groups is 1. The third kappa shape index (κ3) is 2.66. The van der Waals surface area contributed by atoms with Crippen molar-refractivity contribution in [2.75, 3.05) is 0 Å². The Hall–Kier alpha value is -2.92. The molecule has 1 aliphatic heterocycles. The highest BCUT2D eigenvalue weighted by atomic mass is 35.5. The molecule has 1 fully saturated rings. The zero-order valence-corrected chi connectivity index (χ0v) is 16.1. The number of amides is 1. The Kier molecular flexibility index (Phi) is 3.88. The predicted molar refractivity (Wildman–Crippen MR) is 110 cm³/mol.